The van der Waals surface area contributed by atoms with Crippen LogP contribution in [0, 0.1) is 12.8 Å². The lowest BCUT2D eigenvalue weighted by atomic mass is 10.0. The smallest absolute Gasteiger partial charge is 0.329 e. The zero-order valence-electron chi connectivity index (χ0n) is 23.8. The number of rotatable bonds is 10. The van der Waals surface area contributed by atoms with Gasteiger partial charge in [0.05, 0.1) is 24.3 Å². The third kappa shape index (κ3) is 6.44. The van der Waals surface area contributed by atoms with Crippen molar-refractivity contribution in [2.24, 2.45) is 5.92 Å². The van der Waals surface area contributed by atoms with Gasteiger partial charge in [0.1, 0.15) is 17.4 Å². The highest BCUT2D eigenvalue weighted by Crippen LogP contribution is 2.34. The molecule has 0 aliphatic rings. The Labute approximate surface area is 241 Å². The maximum Gasteiger partial charge on any atom is 0.329 e. The fourth-order valence-corrected chi connectivity index (χ4v) is 5.50. The van der Waals surface area contributed by atoms with Gasteiger partial charge in [-0.2, -0.15) is 0 Å². The number of nitrogens with one attached hydrogen (secondary N) is 1. The van der Waals surface area contributed by atoms with E-state index in [0.29, 0.717) is 28.3 Å². The minimum absolute atomic E-state index is 0.0173. The summed E-state index contributed by atoms with van der Waals surface area (Å²) in [5.41, 5.74) is 4.00. The second-order valence-corrected chi connectivity index (χ2v) is 11.1. The van der Waals surface area contributed by atoms with Crippen LogP contribution in [0.15, 0.2) is 71.1 Å². The summed E-state index contributed by atoms with van der Waals surface area (Å²) in [6, 6.07) is 18.8. The minimum atomic E-state index is -2.44. The molecule has 1 aromatic heterocycles. The highest BCUT2D eigenvalue weighted by Gasteiger charge is 2.33. The molecule has 0 bridgehead atoms. The molecule has 216 valence electrons. The summed E-state index contributed by atoms with van der Waals surface area (Å²) in [4.78, 5) is 25.4. The molecule has 1 heterocycles. The van der Waals surface area contributed by atoms with Crippen LogP contribution in [0.3, 0.4) is 0 Å². The number of anilines is 2. The van der Waals surface area contributed by atoms with Crippen molar-refractivity contribution in [3.63, 3.8) is 0 Å². The lowest BCUT2D eigenvalue weighted by Crippen LogP contribution is -2.46. The zero-order chi connectivity index (χ0) is 29.8. The summed E-state index contributed by atoms with van der Waals surface area (Å²) in [6.07, 6.45) is -0.0173. The summed E-state index contributed by atoms with van der Waals surface area (Å²) in [7, 11) is 1.25. The van der Waals surface area contributed by atoms with Crippen LogP contribution in [0.5, 0.6) is 5.75 Å². The minimum Gasteiger partial charge on any atom is -0.490 e. The molecule has 0 spiro atoms. The first-order chi connectivity index (χ1) is 19.5. The topological polar surface area (TPSA) is 118 Å². The van der Waals surface area contributed by atoms with Crippen LogP contribution in [0.2, 0.25) is 0 Å². The highest BCUT2D eigenvalue weighted by molar-refractivity contribution is 7.80. The molecule has 0 aliphatic heterocycles. The van der Waals surface area contributed by atoms with Crippen molar-refractivity contribution in [2.75, 3.05) is 16.7 Å². The summed E-state index contributed by atoms with van der Waals surface area (Å²) >= 11 is -2.44. The Morgan fingerprint density at radius 2 is 1.56 bits per heavy atom. The summed E-state index contributed by atoms with van der Waals surface area (Å²) in [5, 5.41) is 3.67. The molecule has 0 saturated carbocycles. The average Bonchev–Trinajstić information content (AvgIpc) is 3.28. The molecule has 0 fully saturated rings. The van der Waals surface area contributed by atoms with Gasteiger partial charge in [0.15, 0.2) is 5.76 Å². The van der Waals surface area contributed by atoms with Gasteiger partial charge >= 0.3 is 5.97 Å². The first kappa shape index (κ1) is 29.8. The lowest BCUT2D eigenvalue weighted by Gasteiger charge is -2.30. The third-order valence-electron chi connectivity index (χ3n) is 6.58. The van der Waals surface area contributed by atoms with Crippen LogP contribution in [-0.2, 0) is 20.8 Å². The number of esters is 1. The highest BCUT2D eigenvalue weighted by atomic mass is 32.2. The molecule has 1 amide bonds. The van der Waals surface area contributed by atoms with Crippen LogP contribution >= 0.6 is 0 Å². The third-order valence-corrected chi connectivity index (χ3v) is 7.35. The number of carbonyl (C=O) groups excluding carboxylic acids is 2. The van der Waals surface area contributed by atoms with E-state index in [1.165, 1.54) is 7.11 Å². The molecule has 0 aliphatic carbocycles. The van der Waals surface area contributed by atoms with Crippen LogP contribution in [0.4, 0.5) is 11.4 Å². The van der Waals surface area contributed by atoms with Gasteiger partial charge in [-0.15, -0.1) is 0 Å². The molecule has 0 radical (unpaired) electrons. The standard InChI is InChI=1S/C31H34N2O7S/c1-18(2)28(31(35)38-6)33(41(36)37)24-16-12-22(13-17-24)21-10-14-23(15-11-21)32-30(34)29-20(5)27-25(39-19(3)4)8-7-9-26(27)40-29/h7-19,28H,1-6H3,(H,32,34)(H,36,37). The van der Waals surface area contributed by atoms with E-state index in [4.69, 9.17) is 13.9 Å². The molecular weight excluding hydrogens is 544 g/mol. The van der Waals surface area contributed by atoms with Crippen LogP contribution in [-0.4, -0.2) is 39.9 Å². The van der Waals surface area contributed by atoms with E-state index in [1.807, 2.05) is 51.1 Å². The zero-order valence-corrected chi connectivity index (χ0v) is 24.7. The van der Waals surface area contributed by atoms with Crippen LogP contribution in [0.25, 0.3) is 22.1 Å². The maximum atomic E-state index is 13.1. The van der Waals surface area contributed by atoms with E-state index in [2.05, 4.69) is 5.32 Å². The predicted molar refractivity (Wildman–Crippen MR) is 160 cm³/mol. The van der Waals surface area contributed by atoms with Gasteiger partial charge in [-0.25, -0.2) is 9.00 Å². The Kier molecular flexibility index (Phi) is 9.14. The number of carbonyl (C=O) groups is 2. The van der Waals surface area contributed by atoms with Crippen molar-refractivity contribution < 1.29 is 32.2 Å². The van der Waals surface area contributed by atoms with Crippen molar-refractivity contribution in [1.82, 2.24) is 0 Å². The number of methoxy groups -OCH3 is 1. The number of amides is 1. The largest absolute Gasteiger partial charge is 0.490 e. The van der Waals surface area contributed by atoms with E-state index in [-0.39, 0.29) is 23.7 Å². The Bertz CT molecular complexity index is 1560. The van der Waals surface area contributed by atoms with Crippen LogP contribution in [0.1, 0.15) is 43.8 Å². The quantitative estimate of drug-likeness (QED) is 0.161. The molecule has 4 rings (SSSR count). The molecule has 10 heteroatoms. The lowest BCUT2D eigenvalue weighted by molar-refractivity contribution is -0.142. The summed E-state index contributed by atoms with van der Waals surface area (Å²) in [5.74, 6) is -0.330. The van der Waals surface area contributed by atoms with Crippen molar-refractivity contribution in [3.05, 3.63) is 78.1 Å². The maximum absolute atomic E-state index is 13.1. The number of nitrogens with zero attached hydrogens (tertiary/aromatic N) is 1. The molecule has 9 nitrogen and oxygen atoms in total. The van der Waals surface area contributed by atoms with Gasteiger partial charge < -0.3 is 19.2 Å². The van der Waals surface area contributed by atoms with Gasteiger partial charge in [-0.05, 0) is 74.2 Å². The number of hydrogen-bond acceptors (Lipinski definition) is 6. The molecule has 4 aromatic rings. The fraction of sp³-hybridized carbons (Fsp3) is 0.290. The Balaban J connectivity index is 1.52. The number of fused-ring (bicyclic) bond motifs is 1. The molecule has 2 N–H and O–H groups in total. The number of ether oxygens (including phenoxy) is 2. The van der Waals surface area contributed by atoms with Gasteiger partial charge in [0.2, 0.25) is 0 Å². The number of furan rings is 1. The van der Waals surface area contributed by atoms with E-state index < -0.39 is 23.3 Å². The van der Waals surface area contributed by atoms with Gasteiger partial charge in [0.25, 0.3) is 17.2 Å². The number of benzene rings is 3. The van der Waals surface area contributed by atoms with E-state index >= 15 is 0 Å². The Hall–Kier alpha value is -4.15. The molecular formula is C31H34N2O7S. The van der Waals surface area contributed by atoms with E-state index in [9.17, 15) is 18.4 Å². The monoisotopic (exact) mass is 578 g/mol. The average molecular weight is 579 g/mol. The summed E-state index contributed by atoms with van der Waals surface area (Å²) in [6.45, 7) is 9.29. The first-order valence-corrected chi connectivity index (χ1v) is 14.3. The Morgan fingerprint density at radius 3 is 2.10 bits per heavy atom. The van der Waals surface area contributed by atoms with Crippen molar-refractivity contribution >= 4 is 45.5 Å². The number of aryl methyl sites for hydroxylation is 1. The summed E-state index contributed by atoms with van der Waals surface area (Å²) < 4.78 is 39.9. The molecule has 2 atom stereocenters. The van der Waals surface area contributed by atoms with E-state index in [1.54, 1.807) is 50.2 Å². The fourth-order valence-electron chi connectivity index (χ4n) is 4.68. The van der Waals surface area contributed by atoms with Crippen LogP contribution < -0.4 is 14.4 Å². The Morgan fingerprint density at radius 1 is 0.951 bits per heavy atom. The molecule has 2 unspecified atom stereocenters. The second-order valence-electron chi connectivity index (χ2n) is 10.2. The second kappa shape index (κ2) is 12.6. The van der Waals surface area contributed by atoms with Crippen molar-refractivity contribution in [2.45, 2.75) is 46.8 Å². The SMILES string of the molecule is COC(=O)C(C(C)C)N(c1ccc(-c2ccc(NC(=O)c3oc4cccc(OC(C)C)c4c3C)cc2)cc1)S(=O)O. The van der Waals surface area contributed by atoms with Crippen molar-refractivity contribution in [3.8, 4) is 16.9 Å². The molecule has 3 aromatic carbocycles. The predicted octanol–water partition coefficient (Wildman–Crippen LogP) is 6.59. The molecule has 0 saturated heterocycles. The van der Waals surface area contributed by atoms with E-state index in [0.717, 1.165) is 20.8 Å². The normalized spacial score (nSPS) is 12.8. The molecule has 41 heavy (non-hydrogen) atoms. The number of hydrogen-bond donors (Lipinski definition) is 2. The first-order valence-electron chi connectivity index (χ1n) is 13.2. The van der Waals surface area contributed by atoms with Gasteiger partial charge in [0, 0.05) is 11.3 Å². The van der Waals surface area contributed by atoms with Gasteiger partial charge in [-0.1, -0.05) is 44.2 Å². The van der Waals surface area contributed by atoms with Gasteiger partial charge in [-0.3, -0.25) is 13.7 Å². The van der Waals surface area contributed by atoms with Crippen molar-refractivity contribution in [1.29, 1.82) is 0 Å².